The molecule has 6 heteroatoms. The Morgan fingerprint density at radius 1 is 0.962 bits per heavy atom. The average Bonchev–Trinajstić information content (AvgIpc) is 2.63. The Balaban J connectivity index is 0.000000228. The van der Waals surface area contributed by atoms with E-state index in [2.05, 4.69) is 0 Å². The summed E-state index contributed by atoms with van der Waals surface area (Å²) in [7, 11) is -3.58. The fraction of sp³-hybridized carbons (Fsp3) is 0.650. The van der Waals surface area contributed by atoms with E-state index in [0.29, 0.717) is 11.0 Å². The lowest BCUT2D eigenvalue weighted by Crippen LogP contribution is -2.21. The third kappa shape index (κ3) is 6.71. The van der Waals surface area contributed by atoms with E-state index >= 15 is 0 Å². The lowest BCUT2D eigenvalue weighted by atomic mass is 9.98. The van der Waals surface area contributed by atoms with Crippen molar-refractivity contribution >= 4 is 27.7 Å². The molecule has 0 amide bonds. The van der Waals surface area contributed by atoms with Gasteiger partial charge in [-0.15, -0.1) is 0 Å². The first-order valence-electron chi connectivity index (χ1n) is 9.48. The fourth-order valence-corrected chi connectivity index (χ4v) is 5.22. The maximum absolute atomic E-state index is 12.0. The molecule has 0 N–H and O–H groups in total. The van der Waals surface area contributed by atoms with Gasteiger partial charge in [0.15, 0.2) is 0 Å². The van der Waals surface area contributed by atoms with Gasteiger partial charge < -0.3 is 0 Å². The Labute approximate surface area is 162 Å². The number of carbonyl (C=O) groups excluding carboxylic acids is 1. The molecule has 1 aromatic rings. The van der Waals surface area contributed by atoms with E-state index in [-0.39, 0.29) is 11.0 Å². The van der Waals surface area contributed by atoms with Gasteiger partial charge >= 0.3 is 0 Å². The van der Waals surface area contributed by atoms with Crippen LogP contribution in [0.4, 0.5) is 0 Å². The molecule has 146 valence electrons. The van der Waals surface area contributed by atoms with Crippen LogP contribution >= 0.6 is 11.8 Å². The summed E-state index contributed by atoms with van der Waals surface area (Å²) < 4.78 is 29.3. The molecule has 4 nitrogen and oxygen atoms in total. The zero-order valence-corrected chi connectivity index (χ0v) is 17.4. The second-order valence-electron chi connectivity index (χ2n) is 7.06. The predicted molar refractivity (Wildman–Crippen MR) is 107 cm³/mol. The van der Waals surface area contributed by atoms with E-state index in [0.717, 1.165) is 50.5 Å². The van der Waals surface area contributed by atoms with Crippen molar-refractivity contribution in [3.05, 3.63) is 29.8 Å². The van der Waals surface area contributed by atoms with Gasteiger partial charge in [0.05, 0.1) is 16.2 Å². The number of hydrogen-bond donors (Lipinski definition) is 0. The number of ketones is 1. The number of rotatable bonds is 4. The van der Waals surface area contributed by atoms with Crippen molar-refractivity contribution in [3.63, 3.8) is 0 Å². The van der Waals surface area contributed by atoms with Crippen molar-refractivity contribution in [1.29, 1.82) is 0 Å². The second-order valence-corrected chi connectivity index (χ2v) is 9.67. The Hall–Kier alpha value is -0.850. The molecule has 2 aliphatic carbocycles. The Morgan fingerprint density at radius 3 is 2.12 bits per heavy atom. The molecular formula is C20H30O4S2. The maximum atomic E-state index is 12.0. The van der Waals surface area contributed by atoms with Crippen LogP contribution in [-0.4, -0.2) is 31.8 Å². The van der Waals surface area contributed by atoms with Crippen LogP contribution in [0.15, 0.2) is 29.2 Å². The summed E-state index contributed by atoms with van der Waals surface area (Å²) in [6.45, 7) is 1.93. The molecule has 3 rings (SSSR count). The van der Waals surface area contributed by atoms with E-state index in [1.54, 1.807) is 36.0 Å². The molecule has 0 heterocycles. The quantitative estimate of drug-likeness (QED) is 0.676. The van der Waals surface area contributed by atoms with Crippen molar-refractivity contribution in [2.24, 2.45) is 0 Å². The minimum atomic E-state index is -3.58. The first kappa shape index (κ1) is 21.5. The highest BCUT2D eigenvalue weighted by Gasteiger charge is 2.23. The minimum absolute atomic E-state index is 0.130. The van der Waals surface area contributed by atoms with Crippen LogP contribution < -0.4 is 0 Å². The maximum Gasteiger partial charge on any atom is 0.297 e. The van der Waals surface area contributed by atoms with E-state index in [1.807, 2.05) is 13.2 Å². The SMILES string of the molecule is CSC1CCCCC1=O.Cc1ccc(S(=O)(=O)OC2CCCCC2)cc1. The van der Waals surface area contributed by atoms with Crippen LogP contribution in [0.5, 0.6) is 0 Å². The number of Topliss-reactive ketones (excluding diaryl/α,β-unsaturated/α-hetero) is 1. The third-order valence-corrected chi connectivity index (χ3v) is 7.35. The molecule has 0 bridgehead atoms. The number of hydrogen-bond acceptors (Lipinski definition) is 5. The van der Waals surface area contributed by atoms with Gasteiger partial charge in [-0.05, 0) is 51.0 Å². The van der Waals surface area contributed by atoms with Gasteiger partial charge in [0.2, 0.25) is 0 Å². The van der Waals surface area contributed by atoms with Crippen molar-refractivity contribution in [3.8, 4) is 0 Å². The molecule has 0 spiro atoms. The highest BCUT2D eigenvalue weighted by atomic mass is 32.2. The number of aryl methyl sites for hydroxylation is 1. The number of thioether (sulfide) groups is 1. The fourth-order valence-electron chi connectivity index (χ4n) is 3.30. The molecule has 1 unspecified atom stereocenters. The van der Waals surface area contributed by atoms with Gasteiger partial charge in [-0.25, -0.2) is 0 Å². The minimum Gasteiger partial charge on any atom is -0.298 e. The molecular weight excluding hydrogens is 368 g/mol. The summed E-state index contributed by atoms with van der Waals surface area (Å²) in [5, 5.41) is 0.332. The standard InChI is InChI=1S/C13H18O3S.C7H12OS/c1-11-7-9-13(10-8-11)17(14,15)16-12-5-3-2-4-6-12;1-9-7-5-3-2-4-6(7)8/h7-10,12H,2-6H2,1H3;7H,2-5H2,1H3. The molecule has 2 aliphatic rings. The summed E-state index contributed by atoms with van der Waals surface area (Å²) in [6, 6.07) is 6.79. The summed E-state index contributed by atoms with van der Waals surface area (Å²) in [5.41, 5.74) is 1.04. The van der Waals surface area contributed by atoms with Crippen molar-refractivity contribution in [2.75, 3.05) is 6.26 Å². The zero-order valence-electron chi connectivity index (χ0n) is 15.8. The van der Waals surface area contributed by atoms with Gasteiger partial charge in [0.25, 0.3) is 10.1 Å². The summed E-state index contributed by atoms with van der Waals surface area (Å²) >= 11 is 1.70. The van der Waals surface area contributed by atoms with Crippen LogP contribution in [0.3, 0.4) is 0 Å². The first-order chi connectivity index (χ1) is 12.4. The van der Waals surface area contributed by atoms with Crippen LogP contribution in [0.25, 0.3) is 0 Å². The van der Waals surface area contributed by atoms with E-state index in [4.69, 9.17) is 4.18 Å². The molecule has 0 aliphatic heterocycles. The largest absolute Gasteiger partial charge is 0.298 e. The van der Waals surface area contributed by atoms with Crippen molar-refractivity contribution in [1.82, 2.24) is 0 Å². The van der Waals surface area contributed by atoms with Crippen LogP contribution in [0.1, 0.15) is 63.4 Å². The monoisotopic (exact) mass is 398 g/mol. The molecule has 1 atom stereocenters. The topological polar surface area (TPSA) is 60.4 Å². The van der Waals surface area contributed by atoms with Crippen LogP contribution in [-0.2, 0) is 19.1 Å². The summed E-state index contributed by atoms with van der Waals surface area (Å²) in [4.78, 5) is 11.3. The van der Waals surface area contributed by atoms with E-state index in [9.17, 15) is 13.2 Å². The predicted octanol–water partition coefficient (Wildman–Crippen LogP) is 4.89. The van der Waals surface area contributed by atoms with Crippen molar-refractivity contribution < 1.29 is 17.4 Å². The highest BCUT2D eigenvalue weighted by Crippen LogP contribution is 2.25. The number of carbonyl (C=O) groups is 1. The molecule has 0 saturated heterocycles. The van der Waals surface area contributed by atoms with E-state index in [1.165, 1.54) is 12.8 Å². The van der Waals surface area contributed by atoms with Gasteiger partial charge in [0, 0.05) is 6.42 Å². The lowest BCUT2D eigenvalue weighted by Gasteiger charge is -2.21. The smallest absolute Gasteiger partial charge is 0.297 e. The lowest BCUT2D eigenvalue weighted by molar-refractivity contribution is -0.119. The Bertz CT molecular complexity index is 662. The normalized spacial score (nSPS) is 21.8. The average molecular weight is 399 g/mol. The second kappa shape index (κ2) is 10.5. The highest BCUT2D eigenvalue weighted by molar-refractivity contribution is 7.99. The van der Waals surface area contributed by atoms with Crippen molar-refractivity contribution in [2.45, 2.75) is 81.0 Å². The molecule has 2 saturated carbocycles. The van der Waals surface area contributed by atoms with Gasteiger partial charge in [-0.2, -0.15) is 20.2 Å². The Morgan fingerprint density at radius 2 is 1.58 bits per heavy atom. The molecule has 0 aromatic heterocycles. The van der Waals surface area contributed by atoms with Gasteiger partial charge in [-0.1, -0.05) is 43.4 Å². The molecule has 26 heavy (non-hydrogen) atoms. The number of benzene rings is 1. The summed E-state index contributed by atoms with van der Waals surface area (Å²) in [5.74, 6) is 0.466. The molecule has 0 radical (unpaired) electrons. The van der Waals surface area contributed by atoms with Crippen LogP contribution in [0.2, 0.25) is 0 Å². The zero-order chi connectivity index (χ0) is 19.0. The van der Waals surface area contributed by atoms with E-state index < -0.39 is 10.1 Å². The first-order valence-corrected chi connectivity index (χ1v) is 12.2. The van der Waals surface area contributed by atoms with Crippen LogP contribution in [0, 0.1) is 6.92 Å². The third-order valence-electron chi connectivity index (χ3n) is 4.91. The summed E-state index contributed by atoms with van der Waals surface area (Å²) in [6.07, 6.45) is 11.2. The molecule has 1 aromatic carbocycles. The molecule has 2 fully saturated rings. The van der Waals surface area contributed by atoms with Gasteiger partial charge in [0.1, 0.15) is 5.78 Å². The van der Waals surface area contributed by atoms with Gasteiger partial charge in [-0.3, -0.25) is 8.98 Å². The Kier molecular flexibility index (Phi) is 8.64.